The van der Waals surface area contributed by atoms with E-state index in [4.69, 9.17) is 5.11 Å². The van der Waals surface area contributed by atoms with Gasteiger partial charge in [0.25, 0.3) is 0 Å². The van der Waals surface area contributed by atoms with Crippen LogP contribution < -0.4 is 10.6 Å². The monoisotopic (exact) mass is 290 g/mol. The zero-order valence-corrected chi connectivity index (χ0v) is 12.3. The van der Waals surface area contributed by atoms with Gasteiger partial charge in [0, 0.05) is 6.04 Å². The van der Waals surface area contributed by atoms with E-state index in [2.05, 4.69) is 10.6 Å². The molecule has 1 atom stereocenters. The van der Waals surface area contributed by atoms with Crippen LogP contribution in [0.5, 0.6) is 0 Å². The molecular formula is C16H22N2O3. The van der Waals surface area contributed by atoms with Crippen molar-refractivity contribution in [3.63, 3.8) is 0 Å². The second kappa shape index (κ2) is 6.61. The molecule has 21 heavy (non-hydrogen) atoms. The molecule has 3 N–H and O–H groups in total. The van der Waals surface area contributed by atoms with Crippen molar-refractivity contribution in [3.05, 3.63) is 35.9 Å². The van der Waals surface area contributed by atoms with E-state index in [1.807, 2.05) is 37.3 Å². The van der Waals surface area contributed by atoms with Gasteiger partial charge >= 0.3 is 12.0 Å². The third-order valence-corrected chi connectivity index (χ3v) is 3.94. The molecule has 114 valence electrons. The smallest absolute Gasteiger partial charge is 0.315 e. The predicted octanol–water partition coefficient (Wildman–Crippen LogP) is 2.31. The lowest BCUT2D eigenvalue weighted by Crippen LogP contribution is -2.58. The zero-order chi connectivity index (χ0) is 15.3. The van der Waals surface area contributed by atoms with Gasteiger partial charge in [-0.15, -0.1) is 0 Å². The molecule has 1 aromatic carbocycles. The molecule has 5 nitrogen and oxygen atoms in total. The van der Waals surface area contributed by atoms with E-state index in [0.29, 0.717) is 0 Å². The highest BCUT2D eigenvalue weighted by molar-refractivity contribution is 5.77. The molecule has 0 spiro atoms. The summed E-state index contributed by atoms with van der Waals surface area (Å²) in [7, 11) is 0. The molecule has 0 heterocycles. The summed E-state index contributed by atoms with van der Waals surface area (Å²) in [6.07, 6.45) is 3.18. The maximum absolute atomic E-state index is 12.0. The lowest BCUT2D eigenvalue weighted by molar-refractivity contribution is -0.139. The van der Waals surface area contributed by atoms with Gasteiger partial charge < -0.3 is 15.7 Å². The molecule has 0 saturated heterocycles. The highest BCUT2D eigenvalue weighted by Crippen LogP contribution is 2.34. The summed E-state index contributed by atoms with van der Waals surface area (Å²) < 4.78 is 0. The van der Waals surface area contributed by atoms with Crippen molar-refractivity contribution in [2.45, 2.75) is 50.6 Å². The number of benzene rings is 1. The molecular weight excluding hydrogens is 268 g/mol. The van der Waals surface area contributed by atoms with E-state index in [0.717, 1.165) is 31.2 Å². The highest BCUT2D eigenvalue weighted by Gasteiger charge is 2.40. The molecule has 1 aliphatic rings. The first kappa shape index (κ1) is 15.4. The lowest BCUT2D eigenvalue weighted by atomic mass is 9.74. The predicted molar refractivity (Wildman–Crippen MR) is 80.1 cm³/mol. The number of carbonyl (C=O) groups excluding carboxylic acids is 1. The Bertz CT molecular complexity index is 498. The van der Waals surface area contributed by atoms with Gasteiger partial charge in [0.15, 0.2) is 0 Å². The van der Waals surface area contributed by atoms with Crippen molar-refractivity contribution in [2.75, 3.05) is 0 Å². The largest absolute Gasteiger partial charge is 0.481 e. The summed E-state index contributed by atoms with van der Waals surface area (Å²) in [5, 5.41) is 14.7. The molecule has 5 heteroatoms. The van der Waals surface area contributed by atoms with Crippen molar-refractivity contribution < 1.29 is 14.7 Å². The zero-order valence-electron chi connectivity index (χ0n) is 12.3. The first-order valence-electron chi connectivity index (χ1n) is 7.33. The van der Waals surface area contributed by atoms with Crippen LogP contribution in [0.2, 0.25) is 0 Å². The van der Waals surface area contributed by atoms with Gasteiger partial charge in [-0.2, -0.15) is 0 Å². The quantitative estimate of drug-likeness (QED) is 0.752. The van der Waals surface area contributed by atoms with Gasteiger partial charge in [0.05, 0.1) is 12.0 Å². The molecule has 2 amide bonds. The number of hydrogen-bond donors (Lipinski definition) is 3. The number of aliphatic carboxylic acids is 1. The fourth-order valence-corrected chi connectivity index (χ4v) is 2.76. The Morgan fingerprint density at radius 2 is 1.95 bits per heavy atom. The number of urea groups is 1. The Morgan fingerprint density at radius 3 is 2.48 bits per heavy atom. The van der Waals surface area contributed by atoms with Crippen molar-refractivity contribution in [1.82, 2.24) is 10.6 Å². The molecule has 1 aromatic rings. The van der Waals surface area contributed by atoms with E-state index in [9.17, 15) is 9.59 Å². The topological polar surface area (TPSA) is 78.4 Å². The van der Waals surface area contributed by atoms with E-state index >= 15 is 0 Å². The highest BCUT2D eigenvalue weighted by atomic mass is 16.4. The maximum Gasteiger partial charge on any atom is 0.315 e. The fraction of sp³-hybridized carbons (Fsp3) is 0.500. The average Bonchev–Trinajstić information content (AvgIpc) is 2.36. The number of rotatable bonds is 6. The molecule has 0 bridgehead atoms. The third kappa shape index (κ3) is 4.48. The minimum absolute atomic E-state index is 0.00523. The lowest BCUT2D eigenvalue weighted by Gasteiger charge is -2.41. The second-order valence-electron chi connectivity index (χ2n) is 5.89. The molecule has 0 aliphatic heterocycles. The summed E-state index contributed by atoms with van der Waals surface area (Å²) in [6.45, 7) is 1.94. The molecule has 1 aliphatic carbocycles. The van der Waals surface area contributed by atoms with Crippen LogP contribution in [-0.4, -0.2) is 28.7 Å². The number of carbonyl (C=O) groups is 2. The SMILES string of the molecule is CC(Cc1ccccc1)NC(=O)NC1(CC(=O)O)CCC1. The van der Waals surface area contributed by atoms with Crippen LogP contribution in [0.4, 0.5) is 4.79 Å². The van der Waals surface area contributed by atoms with Crippen LogP contribution in [0, 0.1) is 0 Å². The second-order valence-corrected chi connectivity index (χ2v) is 5.89. The summed E-state index contributed by atoms with van der Waals surface area (Å²) in [5.74, 6) is -0.868. The van der Waals surface area contributed by atoms with E-state index in [1.54, 1.807) is 0 Å². The fourth-order valence-electron chi connectivity index (χ4n) is 2.76. The number of amides is 2. The molecule has 1 unspecified atom stereocenters. The molecule has 0 aromatic heterocycles. The maximum atomic E-state index is 12.0. The van der Waals surface area contributed by atoms with Crippen LogP contribution in [0.1, 0.15) is 38.2 Å². The van der Waals surface area contributed by atoms with Crippen LogP contribution in [0.15, 0.2) is 30.3 Å². The van der Waals surface area contributed by atoms with Crippen molar-refractivity contribution in [1.29, 1.82) is 0 Å². The normalized spacial score (nSPS) is 17.4. The third-order valence-electron chi connectivity index (χ3n) is 3.94. The van der Waals surface area contributed by atoms with Gasteiger partial charge in [-0.3, -0.25) is 4.79 Å². The van der Waals surface area contributed by atoms with Gasteiger partial charge in [0.2, 0.25) is 0 Å². The number of nitrogens with one attached hydrogen (secondary N) is 2. The Balaban J connectivity index is 1.82. The van der Waals surface area contributed by atoms with E-state index in [1.165, 1.54) is 0 Å². The van der Waals surface area contributed by atoms with Crippen molar-refractivity contribution in [3.8, 4) is 0 Å². The van der Waals surface area contributed by atoms with Gasteiger partial charge in [-0.1, -0.05) is 30.3 Å². The van der Waals surface area contributed by atoms with Crippen molar-refractivity contribution in [2.24, 2.45) is 0 Å². The molecule has 1 fully saturated rings. The summed E-state index contributed by atoms with van der Waals surface area (Å²) >= 11 is 0. The molecule has 2 rings (SSSR count). The first-order chi connectivity index (χ1) is 9.99. The first-order valence-corrected chi connectivity index (χ1v) is 7.33. The number of carboxylic acids is 1. The van der Waals surface area contributed by atoms with Gasteiger partial charge in [-0.25, -0.2) is 4.79 Å². The molecule has 0 radical (unpaired) electrons. The average molecular weight is 290 g/mol. The van der Waals surface area contributed by atoms with Gasteiger partial charge in [0.1, 0.15) is 0 Å². The van der Waals surface area contributed by atoms with E-state index in [-0.39, 0.29) is 18.5 Å². The Morgan fingerprint density at radius 1 is 1.29 bits per heavy atom. The Hall–Kier alpha value is -2.04. The van der Waals surface area contributed by atoms with E-state index < -0.39 is 11.5 Å². The summed E-state index contributed by atoms with van der Waals surface area (Å²) in [6, 6.07) is 9.66. The van der Waals surface area contributed by atoms with Crippen molar-refractivity contribution >= 4 is 12.0 Å². The Labute approximate surface area is 124 Å². The minimum Gasteiger partial charge on any atom is -0.481 e. The van der Waals surface area contributed by atoms with Crippen LogP contribution in [-0.2, 0) is 11.2 Å². The van der Waals surface area contributed by atoms with Crippen LogP contribution in [0.25, 0.3) is 0 Å². The van der Waals surface area contributed by atoms with Gasteiger partial charge in [-0.05, 0) is 38.2 Å². The number of carboxylic acid groups (broad SMARTS) is 1. The Kier molecular flexibility index (Phi) is 4.83. The summed E-state index contributed by atoms with van der Waals surface area (Å²) in [5.41, 5.74) is 0.608. The molecule has 1 saturated carbocycles. The standard InChI is InChI=1S/C16H22N2O3/c1-12(10-13-6-3-2-4-7-13)17-15(21)18-16(8-5-9-16)11-14(19)20/h2-4,6-7,12H,5,8-11H2,1H3,(H,19,20)(H2,17,18,21). The minimum atomic E-state index is -0.868. The number of hydrogen-bond acceptors (Lipinski definition) is 2. The summed E-state index contributed by atoms with van der Waals surface area (Å²) in [4.78, 5) is 22.9. The van der Waals surface area contributed by atoms with Crippen LogP contribution in [0.3, 0.4) is 0 Å². The van der Waals surface area contributed by atoms with Crippen LogP contribution >= 0.6 is 0 Å².